The minimum atomic E-state index is -4.32. The smallest absolute Gasteiger partial charge is 0.328 e. The summed E-state index contributed by atoms with van der Waals surface area (Å²) in [6, 6.07) is 2.27. The number of nitrogens with zero attached hydrogens (tertiary/aromatic N) is 1. The molecule has 0 unspecified atom stereocenters. The van der Waals surface area contributed by atoms with Crippen LogP contribution in [0.2, 0.25) is 0 Å². The van der Waals surface area contributed by atoms with E-state index in [1.54, 1.807) is 6.92 Å². The van der Waals surface area contributed by atoms with Crippen LogP contribution in [0.4, 0.5) is 13.2 Å². The third kappa shape index (κ3) is 2.99. The van der Waals surface area contributed by atoms with E-state index in [9.17, 15) is 13.2 Å². The normalized spacial score (nSPS) is 14.1. The van der Waals surface area contributed by atoms with Crippen LogP contribution >= 0.6 is 0 Å². The highest BCUT2D eigenvalue weighted by Gasteiger charge is 2.30. The summed E-state index contributed by atoms with van der Waals surface area (Å²) in [5.41, 5.74) is 5.33. The van der Waals surface area contributed by atoms with Crippen molar-refractivity contribution in [2.24, 2.45) is 5.73 Å². The van der Waals surface area contributed by atoms with Gasteiger partial charge in [-0.2, -0.15) is 13.2 Å². The first-order valence-corrected chi connectivity index (χ1v) is 4.17. The van der Waals surface area contributed by atoms with E-state index >= 15 is 0 Å². The standard InChI is InChI=1S/C9H11F3N2/c1-6(13)4-8-3-2-7(5-14-8)9(10,11)12/h2-3,5-6H,4,13H2,1H3/t6-/m0/s1. The van der Waals surface area contributed by atoms with Crippen LogP contribution < -0.4 is 5.73 Å². The number of pyridine rings is 1. The van der Waals surface area contributed by atoms with Crippen molar-refractivity contribution < 1.29 is 13.2 Å². The highest BCUT2D eigenvalue weighted by atomic mass is 19.4. The maximum atomic E-state index is 12.1. The van der Waals surface area contributed by atoms with E-state index in [1.165, 1.54) is 6.07 Å². The second-order valence-corrected chi connectivity index (χ2v) is 3.22. The second kappa shape index (κ2) is 3.96. The minimum absolute atomic E-state index is 0.0979. The van der Waals surface area contributed by atoms with Crippen molar-refractivity contribution in [3.05, 3.63) is 29.6 Å². The summed E-state index contributed by atoms with van der Waals surface area (Å²) in [5, 5.41) is 0. The van der Waals surface area contributed by atoms with Crippen molar-refractivity contribution in [2.45, 2.75) is 25.6 Å². The van der Waals surface area contributed by atoms with Crippen molar-refractivity contribution in [3.63, 3.8) is 0 Å². The average molecular weight is 204 g/mol. The van der Waals surface area contributed by atoms with Gasteiger partial charge in [0.1, 0.15) is 0 Å². The molecule has 1 aromatic heterocycles. The van der Waals surface area contributed by atoms with Gasteiger partial charge in [-0.1, -0.05) is 0 Å². The van der Waals surface area contributed by atoms with Gasteiger partial charge in [-0.05, 0) is 19.1 Å². The van der Waals surface area contributed by atoms with E-state index in [4.69, 9.17) is 5.73 Å². The van der Waals surface area contributed by atoms with Gasteiger partial charge < -0.3 is 5.73 Å². The van der Waals surface area contributed by atoms with Crippen LogP contribution in [0.5, 0.6) is 0 Å². The van der Waals surface area contributed by atoms with Crippen LogP contribution in [0.25, 0.3) is 0 Å². The third-order valence-electron chi connectivity index (χ3n) is 1.68. The lowest BCUT2D eigenvalue weighted by atomic mass is 10.1. The zero-order valence-electron chi connectivity index (χ0n) is 7.67. The average Bonchev–Trinajstić information content (AvgIpc) is 2.02. The molecule has 0 saturated carbocycles. The van der Waals surface area contributed by atoms with Crippen LogP contribution in [0.15, 0.2) is 18.3 Å². The summed E-state index contributed by atoms with van der Waals surface area (Å²) in [5.74, 6) is 0. The molecular weight excluding hydrogens is 193 g/mol. The highest BCUT2D eigenvalue weighted by molar-refractivity contribution is 5.17. The molecule has 2 nitrogen and oxygen atoms in total. The minimum Gasteiger partial charge on any atom is -0.328 e. The number of hydrogen-bond donors (Lipinski definition) is 1. The Morgan fingerprint density at radius 2 is 2.07 bits per heavy atom. The van der Waals surface area contributed by atoms with Gasteiger partial charge in [0.25, 0.3) is 0 Å². The molecule has 0 amide bonds. The molecule has 2 N–H and O–H groups in total. The number of hydrogen-bond acceptors (Lipinski definition) is 2. The monoisotopic (exact) mass is 204 g/mol. The summed E-state index contributed by atoms with van der Waals surface area (Å²) < 4.78 is 36.4. The summed E-state index contributed by atoms with van der Waals surface area (Å²) in [6.45, 7) is 1.78. The van der Waals surface area contributed by atoms with Crippen LogP contribution in [0, 0.1) is 0 Å². The largest absolute Gasteiger partial charge is 0.417 e. The Morgan fingerprint density at radius 3 is 2.43 bits per heavy atom. The topological polar surface area (TPSA) is 38.9 Å². The Kier molecular flexibility index (Phi) is 3.10. The molecule has 0 aliphatic rings. The first kappa shape index (κ1) is 11.0. The SMILES string of the molecule is C[C@H](N)Cc1ccc(C(F)(F)F)cn1. The lowest BCUT2D eigenvalue weighted by molar-refractivity contribution is -0.137. The maximum Gasteiger partial charge on any atom is 0.417 e. The number of halogens is 3. The van der Waals surface area contributed by atoms with Gasteiger partial charge in [0.2, 0.25) is 0 Å². The van der Waals surface area contributed by atoms with Crippen molar-refractivity contribution in [2.75, 3.05) is 0 Å². The number of alkyl halides is 3. The first-order valence-electron chi connectivity index (χ1n) is 4.17. The lowest BCUT2D eigenvalue weighted by Gasteiger charge is -2.07. The summed E-state index contributed by atoms with van der Waals surface area (Å²) in [7, 11) is 0. The molecule has 0 bridgehead atoms. The van der Waals surface area contributed by atoms with Gasteiger partial charge in [0.15, 0.2) is 0 Å². The highest BCUT2D eigenvalue weighted by Crippen LogP contribution is 2.28. The molecule has 0 aliphatic heterocycles. The molecule has 0 aliphatic carbocycles. The quantitative estimate of drug-likeness (QED) is 0.800. The molecule has 78 valence electrons. The van der Waals surface area contributed by atoms with E-state index in [-0.39, 0.29) is 6.04 Å². The molecule has 5 heteroatoms. The molecule has 0 aromatic carbocycles. The predicted octanol–water partition coefficient (Wildman–Crippen LogP) is 1.99. The molecule has 0 radical (unpaired) electrons. The third-order valence-corrected chi connectivity index (χ3v) is 1.68. The van der Waals surface area contributed by atoms with Gasteiger partial charge in [-0.3, -0.25) is 4.98 Å². The Hall–Kier alpha value is -1.10. The van der Waals surface area contributed by atoms with Crippen LogP contribution in [-0.2, 0) is 12.6 Å². The summed E-state index contributed by atoms with van der Waals surface area (Å²) in [4.78, 5) is 3.69. The van der Waals surface area contributed by atoms with Crippen LogP contribution in [-0.4, -0.2) is 11.0 Å². The zero-order valence-corrected chi connectivity index (χ0v) is 7.67. The molecule has 1 aromatic rings. The molecule has 0 saturated heterocycles. The van der Waals surface area contributed by atoms with Gasteiger partial charge in [-0.15, -0.1) is 0 Å². The van der Waals surface area contributed by atoms with Crippen molar-refractivity contribution in [3.8, 4) is 0 Å². The first-order chi connectivity index (χ1) is 6.39. The Bertz CT molecular complexity index is 290. The Labute approximate surface area is 79.9 Å². The van der Waals surface area contributed by atoms with Gasteiger partial charge in [-0.25, -0.2) is 0 Å². The second-order valence-electron chi connectivity index (χ2n) is 3.22. The molecule has 1 heterocycles. The van der Waals surface area contributed by atoms with Gasteiger partial charge >= 0.3 is 6.18 Å². The van der Waals surface area contributed by atoms with Crippen molar-refractivity contribution >= 4 is 0 Å². The lowest BCUT2D eigenvalue weighted by Crippen LogP contribution is -2.18. The molecule has 0 spiro atoms. The molecule has 14 heavy (non-hydrogen) atoms. The zero-order chi connectivity index (χ0) is 10.8. The van der Waals surface area contributed by atoms with Crippen molar-refractivity contribution in [1.82, 2.24) is 4.98 Å². The molecular formula is C9H11F3N2. The molecule has 1 rings (SSSR count). The van der Waals surface area contributed by atoms with Crippen LogP contribution in [0.1, 0.15) is 18.2 Å². The van der Waals surface area contributed by atoms with Crippen LogP contribution in [0.3, 0.4) is 0 Å². The fraction of sp³-hybridized carbons (Fsp3) is 0.444. The van der Waals surface area contributed by atoms with E-state index in [0.717, 1.165) is 12.3 Å². The van der Waals surface area contributed by atoms with E-state index in [2.05, 4.69) is 4.98 Å². The Morgan fingerprint density at radius 1 is 1.43 bits per heavy atom. The number of rotatable bonds is 2. The maximum absolute atomic E-state index is 12.1. The molecule has 1 atom stereocenters. The van der Waals surface area contributed by atoms with E-state index in [0.29, 0.717) is 12.1 Å². The number of nitrogens with two attached hydrogens (primary N) is 1. The predicted molar refractivity (Wildman–Crippen MR) is 46.6 cm³/mol. The van der Waals surface area contributed by atoms with Gasteiger partial charge in [0.05, 0.1) is 5.56 Å². The summed E-state index contributed by atoms with van der Waals surface area (Å²) >= 11 is 0. The summed E-state index contributed by atoms with van der Waals surface area (Å²) in [6.07, 6.45) is -3.00. The fourth-order valence-corrected chi connectivity index (χ4v) is 1.04. The van der Waals surface area contributed by atoms with Gasteiger partial charge in [0, 0.05) is 24.4 Å². The van der Waals surface area contributed by atoms with E-state index in [1.807, 2.05) is 0 Å². The van der Waals surface area contributed by atoms with Crippen molar-refractivity contribution in [1.29, 1.82) is 0 Å². The fourth-order valence-electron chi connectivity index (χ4n) is 1.04. The number of aromatic nitrogens is 1. The molecule has 0 fully saturated rings. The van der Waals surface area contributed by atoms with E-state index < -0.39 is 11.7 Å². The Balaban J connectivity index is 2.79.